The van der Waals surface area contributed by atoms with Gasteiger partial charge >= 0.3 is 0 Å². The second-order valence-electron chi connectivity index (χ2n) is 9.14. The summed E-state index contributed by atoms with van der Waals surface area (Å²) < 4.78 is 27.9. The van der Waals surface area contributed by atoms with Crippen molar-refractivity contribution in [1.82, 2.24) is 14.1 Å². The Labute approximate surface area is 181 Å². The molecule has 30 heavy (non-hydrogen) atoms. The first kappa shape index (κ1) is 21.8. The van der Waals surface area contributed by atoms with Gasteiger partial charge in [-0.05, 0) is 62.3 Å². The molecule has 1 saturated heterocycles. The predicted molar refractivity (Wildman–Crippen MR) is 118 cm³/mol. The molecule has 1 unspecified atom stereocenters. The molecule has 0 N–H and O–H groups in total. The number of carbonyl (C=O) groups is 1. The van der Waals surface area contributed by atoms with E-state index in [0.29, 0.717) is 37.1 Å². The number of likely N-dealkylation sites (N-methyl/N-ethyl adjacent to an activating group) is 1. The summed E-state index contributed by atoms with van der Waals surface area (Å²) in [4.78, 5) is 17.5. The summed E-state index contributed by atoms with van der Waals surface area (Å²) in [5, 5.41) is 0. The largest absolute Gasteiger partial charge is 0.341 e. The van der Waals surface area contributed by atoms with Gasteiger partial charge in [0.15, 0.2) is 0 Å². The van der Waals surface area contributed by atoms with Crippen LogP contribution in [0.2, 0.25) is 0 Å². The zero-order chi connectivity index (χ0) is 21.3. The van der Waals surface area contributed by atoms with E-state index >= 15 is 0 Å². The zero-order valence-electron chi connectivity index (χ0n) is 18.3. The molecular formula is C23H35N3O3S. The van der Waals surface area contributed by atoms with E-state index in [9.17, 15) is 13.2 Å². The fraction of sp³-hybridized carbons (Fsp3) is 0.696. The molecule has 0 aromatic heterocycles. The third-order valence-electron chi connectivity index (χ3n) is 7.36. The first-order valence-corrected chi connectivity index (χ1v) is 12.9. The van der Waals surface area contributed by atoms with Gasteiger partial charge in [-0.1, -0.05) is 25.3 Å². The van der Waals surface area contributed by atoms with E-state index in [1.165, 1.54) is 30.4 Å². The van der Waals surface area contributed by atoms with E-state index in [1.807, 2.05) is 31.0 Å². The summed E-state index contributed by atoms with van der Waals surface area (Å²) >= 11 is 0. The molecule has 1 aliphatic heterocycles. The Kier molecular flexibility index (Phi) is 6.51. The number of rotatable bonds is 5. The van der Waals surface area contributed by atoms with E-state index in [4.69, 9.17) is 0 Å². The lowest BCUT2D eigenvalue weighted by atomic mass is 9.94. The van der Waals surface area contributed by atoms with Gasteiger partial charge in [-0.15, -0.1) is 0 Å². The zero-order valence-corrected chi connectivity index (χ0v) is 19.2. The van der Waals surface area contributed by atoms with Gasteiger partial charge < -0.3 is 4.90 Å². The van der Waals surface area contributed by atoms with Gasteiger partial charge in [0.1, 0.15) is 0 Å². The summed E-state index contributed by atoms with van der Waals surface area (Å²) in [5.41, 5.74) is 2.47. The molecule has 1 atom stereocenters. The first-order valence-electron chi connectivity index (χ1n) is 11.5. The number of nitrogens with zero attached hydrogens (tertiary/aromatic N) is 3. The van der Waals surface area contributed by atoms with Crippen LogP contribution in [0.15, 0.2) is 23.1 Å². The van der Waals surface area contributed by atoms with Crippen molar-refractivity contribution >= 4 is 15.9 Å². The number of carbonyl (C=O) groups excluding carboxylic acids is 1. The lowest BCUT2D eigenvalue weighted by Gasteiger charge is -2.39. The Bertz CT molecular complexity index is 872. The number of aryl methyl sites for hydroxylation is 2. The highest BCUT2D eigenvalue weighted by Gasteiger charge is 2.34. The molecule has 2 fully saturated rings. The van der Waals surface area contributed by atoms with Crippen molar-refractivity contribution in [3.8, 4) is 0 Å². The van der Waals surface area contributed by atoms with Gasteiger partial charge in [0.05, 0.1) is 10.9 Å². The molecule has 1 saturated carbocycles. The van der Waals surface area contributed by atoms with Gasteiger partial charge in [-0.2, -0.15) is 4.31 Å². The van der Waals surface area contributed by atoms with Crippen molar-refractivity contribution in [3.63, 3.8) is 0 Å². The van der Waals surface area contributed by atoms with Crippen molar-refractivity contribution in [1.29, 1.82) is 0 Å². The average molecular weight is 434 g/mol. The predicted octanol–water partition coefficient (Wildman–Crippen LogP) is 2.66. The Morgan fingerprint density at radius 2 is 1.67 bits per heavy atom. The molecule has 4 rings (SSSR count). The van der Waals surface area contributed by atoms with Crippen molar-refractivity contribution in [2.45, 2.75) is 75.3 Å². The van der Waals surface area contributed by atoms with E-state index < -0.39 is 10.0 Å². The highest BCUT2D eigenvalue weighted by molar-refractivity contribution is 7.89. The number of piperazine rings is 1. The quantitative estimate of drug-likeness (QED) is 0.716. The van der Waals surface area contributed by atoms with Gasteiger partial charge in [-0.25, -0.2) is 8.42 Å². The van der Waals surface area contributed by atoms with E-state index in [0.717, 1.165) is 32.1 Å². The third-order valence-corrected chi connectivity index (χ3v) is 9.25. The van der Waals surface area contributed by atoms with Gasteiger partial charge in [-0.3, -0.25) is 9.69 Å². The van der Waals surface area contributed by atoms with Crippen LogP contribution in [0.4, 0.5) is 0 Å². The van der Waals surface area contributed by atoms with Gasteiger partial charge in [0.2, 0.25) is 15.9 Å². The lowest BCUT2D eigenvalue weighted by molar-refractivity contribution is -0.138. The molecule has 0 bridgehead atoms. The maximum atomic E-state index is 13.1. The molecule has 1 aromatic rings. The minimum Gasteiger partial charge on any atom is -0.341 e. The highest BCUT2D eigenvalue weighted by Crippen LogP contribution is 2.27. The molecule has 1 amide bonds. The number of benzene rings is 1. The fourth-order valence-electron chi connectivity index (χ4n) is 5.29. The molecule has 6 nitrogen and oxygen atoms in total. The van der Waals surface area contributed by atoms with Crippen LogP contribution in [0.1, 0.15) is 56.6 Å². The van der Waals surface area contributed by atoms with Gasteiger partial charge in [0.25, 0.3) is 0 Å². The minimum atomic E-state index is -3.48. The molecule has 2 aliphatic carbocycles. The Balaban J connectivity index is 1.36. The van der Waals surface area contributed by atoms with E-state index in [1.54, 1.807) is 10.4 Å². The summed E-state index contributed by atoms with van der Waals surface area (Å²) in [7, 11) is -1.54. The molecule has 0 spiro atoms. The summed E-state index contributed by atoms with van der Waals surface area (Å²) in [5.74, 6) is 0.164. The second kappa shape index (κ2) is 8.97. The number of amides is 1. The maximum absolute atomic E-state index is 13.1. The number of sulfonamides is 1. The van der Waals surface area contributed by atoms with Crippen LogP contribution >= 0.6 is 0 Å². The fourth-order valence-corrected chi connectivity index (χ4v) is 6.76. The summed E-state index contributed by atoms with van der Waals surface area (Å²) in [6.07, 6.45) is 9.01. The number of hydrogen-bond acceptors (Lipinski definition) is 4. The van der Waals surface area contributed by atoms with E-state index in [-0.39, 0.29) is 11.9 Å². The third kappa shape index (κ3) is 4.30. The van der Waals surface area contributed by atoms with Crippen LogP contribution in [-0.2, 0) is 27.7 Å². The lowest BCUT2D eigenvalue weighted by Crippen LogP contribution is -2.56. The summed E-state index contributed by atoms with van der Waals surface area (Å²) in [6.45, 7) is 4.02. The van der Waals surface area contributed by atoms with Gasteiger partial charge in [0, 0.05) is 39.3 Å². The molecule has 3 aliphatic rings. The summed E-state index contributed by atoms with van der Waals surface area (Å²) in [6, 6.07) is 5.76. The van der Waals surface area contributed by atoms with Crippen LogP contribution < -0.4 is 0 Å². The Hall–Kier alpha value is -1.44. The SMILES string of the molecule is CC(C(=O)N(C)C1CCCCC1)N1CCN(S(=O)(=O)c2ccc3c(c2)CCC3)CC1. The molecule has 1 heterocycles. The van der Waals surface area contributed by atoms with Crippen molar-refractivity contribution in [3.05, 3.63) is 29.3 Å². The smallest absolute Gasteiger partial charge is 0.243 e. The Morgan fingerprint density at radius 3 is 2.37 bits per heavy atom. The van der Waals surface area contributed by atoms with E-state index in [2.05, 4.69) is 4.90 Å². The molecule has 7 heteroatoms. The van der Waals surface area contributed by atoms with Crippen molar-refractivity contribution < 1.29 is 13.2 Å². The number of hydrogen-bond donors (Lipinski definition) is 0. The monoisotopic (exact) mass is 433 g/mol. The van der Waals surface area contributed by atoms with Crippen LogP contribution in [0.25, 0.3) is 0 Å². The van der Waals surface area contributed by atoms with Crippen LogP contribution in [0.3, 0.4) is 0 Å². The standard InChI is InChI=1S/C23H35N3O3S/c1-18(23(27)24(2)21-9-4-3-5-10-21)25-13-15-26(16-14-25)30(28,29)22-12-11-19-7-6-8-20(19)17-22/h11-12,17-18,21H,3-10,13-16H2,1-2H3. The minimum absolute atomic E-state index is 0.164. The van der Waals surface area contributed by atoms with Crippen LogP contribution in [0.5, 0.6) is 0 Å². The molecule has 1 aromatic carbocycles. The van der Waals surface area contributed by atoms with Crippen LogP contribution in [-0.4, -0.2) is 73.7 Å². The Morgan fingerprint density at radius 1 is 1.00 bits per heavy atom. The van der Waals surface area contributed by atoms with Crippen molar-refractivity contribution in [2.75, 3.05) is 33.2 Å². The second-order valence-corrected chi connectivity index (χ2v) is 11.1. The number of fused-ring (bicyclic) bond motifs is 1. The first-order chi connectivity index (χ1) is 14.4. The topological polar surface area (TPSA) is 60.9 Å². The molecule has 0 radical (unpaired) electrons. The molecular weight excluding hydrogens is 398 g/mol. The van der Waals surface area contributed by atoms with Crippen LogP contribution in [0, 0.1) is 0 Å². The molecule has 166 valence electrons. The normalized spacial score (nSPS) is 22.6. The maximum Gasteiger partial charge on any atom is 0.243 e. The highest BCUT2D eigenvalue weighted by atomic mass is 32.2. The average Bonchev–Trinajstić information content (AvgIpc) is 3.26. The van der Waals surface area contributed by atoms with Crippen molar-refractivity contribution in [2.24, 2.45) is 0 Å².